The Morgan fingerprint density at radius 3 is 2.56 bits per heavy atom. The SMILES string of the molecule is CCCN1C(=O)NC(c2cccc(NC(=O)CC(C)(C)C)c2)C(C(=O)OCCOC)=C1C. The van der Waals surface area contributed by atoms with Crippen LogP contribution in [0.25, 0.3) is 0 Å². The Morgan fingerprint density at radius 2 is 1.94 bits per heavy atom. The van der Waals surface area contributed by atoms with Crippen LogP contribution >= 0.6 is 0 Å². The maximum atomic E-state index is 13.0. The van der Waals surface area contributed by atoms with E-state index in [2.05, 4.69) is 10.6 Å². The molecule has 1 aromatic carbocycles. The summed E-state index contributed by atoms with van der Waals surface area (Å²) in [6.45, 7) is 10.6. The van der Waals surface area contributed by atoms with Crippen LogP contribution in [-0.4, -0.2) is 49.7 Å². The van der Waals surface area contributed by atoms with Crippen molar-refractivity contribution in [2.45, 2.75) is 53.5 Å². The molecule has 3 amide bonds. The molecule has 0 saturated carbocycles. The highest BCUT2D eigenvalue weighted by atomic mass is 16.6. The average molecular weight is 446 g/mol. The van der Waals surface area contributed by atoms with Crippen LogP contribution in [0.2, 0.25) is 0 Å². The Morgan fingerprint density at radius 1 is 1.22 bits per heavy atom. The van der Waals surface area contributed by atoms with Crippen molar-refractivity contribution in [2.75, 3.05) is 32.2 Å². The normalized spacial score (nSPS) is 16.6. The molecule has 32 heavy (non-hydrogen) atoms. The van der Waals surface area contributed by atoms with Crippen molar-refractivity contribution in [3.63, 3.8) is 0 Å². The number of carbonyl (C=O) groups is 3. The molecule has 1 atom stereocenters. The number of hydrogen-bond acceptors (Lipinski definition) is 5. The molecule has 0 fully saturated rings. The molecule has 2 N–H and O–H groups in total. The number of urea groups is 1. The highest BCUT2D eigenvalue weighted by molar-refractivity contribution is 5.95. The van der Waals surface area contributed by atoms with Crippen molar-refractivity contribution in [3.8, 4) is 0 Å². The van der Waals surface area contributed by atoms with Gasteiger partial charge in [0.2, 0.25) is 5.91 Å². The molecule has 1 unspecified atom stereocenters. The van der Waals surface area contributed by atoms with Gasteiger partial charge in [-0.1, -0.05) is 39.8 Å². The van der Waals surface area contributed by atoms with Crippen LogP contribution in [0.5, 0.6) is 0 Å². The van der Waals surface area contributed by atoms with Crippen LogP contribution in [0.4, 0.5) is 10.5 Å². The van der Waals surface area contributed by atoms with Crippen molar-refractivity contribution in [2.24, 2.45) is 5.41 Å². The zero-order valence-electron chi connectivity index (χ0n) is 19.9. The second-order valence-electron chi connectivity index (χ2n) is 9.07. The Balaban J connectivity index is 2.37. The van der Waals surface area contributed by atoms with Crippen LogP contribution in [0.1, 0.15) is 59.1 Å². The van der Waals surface area contributed by atoms with E-state index in [9.17, 15) is 14.4 Å². The first kappa shape index (κ1) is 25.4. The molecular weight excluding hydrogens is 410 g/mol. The van der Waals surface area contributed by atoms with E-state index in [1.54, 1.807) is 30.0 Å². The number of benzene rings is 1. The van der Waals surface area contributed by atoms with E-state index in [-0.39, 0.29) is 30.6 Å². The molecule has 1 aromatic rings. The Labute approximate surface area is 190 Å². The molecule has 1 aliphatic rings. The molecule has 0 bridgehead atoms. The first-order chi connectivity index (χ1) is 15.1. The number of esters is 1. The molecule has 0 aromatic heterocycles. The second kappa shape index (κ2) is 11.1. The molecule has 8 heteroatoms. The maximum absolute atomic E-state index is 13.0. The summed E-state index contributed by atoms with van der Waals surface area (Å²) in [5, 5.41) is 5.83. The van der Waals surface area contributed by atoms with E-state index in [0.717, 1.165) is 6.42 Å². The van der Waals surface area contributed by atoms with Crippen molar-refractivity contribution >= 4 is 23.6 Å². The smallest absolute Gasteiger partial charge is 0.338 e. The topological polar surface area (TPSA) is 97.0 Å². The van der Waals surface area contributed by atoms with Gasteiger partial charge < -0.3 is 20.1 Å². The van der Waals surface area contributed by atoms with E-state index in [1.165, 1.54) is 7.11 Å². The van der Waals surface area contributed by atoms with Crippen LogP contribution < -0.4 is 10.6 Å². The molecule has 8 nitrogen and oxygen atoms in total. The van der Waals surface area contributed by atoms with E-state index < -0.39 is 12.0 Å². The third-order valence-corrected chi connectivity index (χ3v) is 4.98. The minimum Gasteiger partial charge on any atom is -0.460 e. The molecule has 1 aliphatic heterocycles. The Hall–Kier alpha value is -2.87. The molecule has 0 radical (unpaired) electrons. The highest BCUT2D eigenvalue weighted by Gasteiger charge is 2.36. The molecule has 0 saturated heterocycles. The van der Waals surface area contributed by atoms with Crippen LogP contribution in [0.3, 0.4) is 0 Å². The fourth-order valence-electron chi connectivity index (χ4n) is 3.57. The van der Waals surface area contributed by atoms with Gasteiger partial charge in [0.1, 0.15) is 6.61 Å². The average Bonchev–Trinajstić information content (AvgIpc) is 2.69. The molecule has 0 spiro atoms. The summed E-state index contributed by atoms with van der Waals surface area (Å²) in [5.41, 5.74) is 2.08. The zero-order chi connectivity index (χ0) is 23.9. The van der Waals surface area contributed by atoms with Gasteiger partial charge in [0.15, 0.2) is 0 Å². The minimum absolute atomic E-state index is 0.0950. The molecular formula is C24H35N3O5. The van der Waals surface area contributed by atoms with E-state index in [1.807, 2.05) is 33.8 Å². The fraction of sp³-hybridized carbons (Fsp3) is 0.542. The number of ether oxygens (including phenoxy) is 2. The van der Waals surface area contributed by atoms with E-state index in [4.69, 9.17) is 9.47 Å². The summed E-state index contributed by atoms with van der Waals surface area (Å²) in [6, 6.07) is 6.20. The Bertz CT molecular complexity index is 873. The quantitative estimate of drug-likeness (QED) is 0.442. The van der Waals surface area contributed by atoms with Gasteiger partial charge in [0.05, 0.1) is 18.2 Å². The van der Waals surface area contributed by atoms with Crippen molar-refractivity contribution in [1.29, 1.82) is 0 Å². The summed E-state index contributed by atoms with van der Waals surface area (Å²) in [7, 11) is 1.53. The van der Waals surface area contributed by atoms with Gasteiger partial charge in [0, 0.05) is 31.5 Å². The van der Waals surface area contributed by atoms with Gasteiger partial charge in [0.25, 0.3) is 0 Å². The largest absolute Gasteiger partial charge is 0.460 e. The van der Waals surface area contributed by atoms with E-state index >= 15 is 0 Å². The van der Waals surface area contributed by atoms with Crippen molar-refractivity contribution < 1.29 is 23.9 Å². The number of allylic oxidation sites excluding steroid dienone is 1. The lowest BCUT2D eigenvalue weighted by atomic mass is 9.92. The number of nitrogens with zero attached hydrogens (tertiary/aromatic N) is 1. The number of methoxy groups -OCH3 is 1. The Kier molecular flexibility index (Phi) is 8.83. The molecule has 2 rings (SSSR count). The van der Waals surface area contributed by atoms with Gasteiger partial charge in [-0.25, -0.2) is 9.59 Å². The third-order valence-electron chi connectivity index (χ3n) is 4.98. The number of hydrogen-bond donors (Lipinski definition) is 2. The predicted molar refractivity (Wildman–Crippen MR) is 123 cm³/mol. The summed E-state index contributed by atoms with van der Waals surface area (Å²) in [6.07, 6.45) is 1.12. The lowest BCUT2D eigenvalue weighted by Gasteiger charge is -2.35. The third kappa shape index (κ3) is 6.82. The van der Waals surface area contributed by atoms with Crippen molar-refractivity contribution in [1.82, 2.24) is 10.2 Å². The summed E-state index contributed by atoms with van der Waals surface area (Å²) in [4.78, 5) is 39.6. The molecule has 1 heterocycles. The predicted octanol–water partition coefficient (Wildman–Crippen LogP) is 4.00. The molecule has 176 valence electrons. The lowest BCUT2D eigenvalue weighted by molar-refractivity contribution is -0.141. The van der Waals surface area contributed by atoms with Gasteiger partial charge in [-0.2, -0.15) is 0 Å². The molecule has 0 aliphatic carbocycles. The first-order valence-corrected chi connectivity index (χ1v) is 10.9. The van der Waals surface area contributed by atoms with Gasteiger partial charge in [-0.15, -0.1) is 0 Å². The van der Waals surface area contributed by atoms with Crippen LogP contribution in [0, 0.1) is 5.41 Å². The first-order valence-electron chi connectivity index (χ1n) is 10.9. The summed E-state index contributed by atoms with van der Waals surface area (Å²) >= 11 is 0. The van der Waals surface area contributed by atoms with Gasteiger partial charge >= 0.3 is 12.0 Å². The highest BCUT2D eigenvalue weighted by Crippen LogP contribution is 2.32. The van der Waals surface area contributed by atoms with E-state index in [0.29, 0.717) is 35.5 Å². The summed E-state index contributed by atoms with van der Waals surface area (Å²) < 4.78 is 10.4. The van der Waals surface area contributed by atoms with Gasteiger partial charge in [-0.05, 0) is 36.5 Å². The number of carbonyl (C=O) groups excluding carboxylic acids is 3. The fourth-order valence-corrected chi connectivity index (χ4v) is 3.57. The monoisotopic (exact) mass is 445 g/mol. The summed E-state index contributed by atoms with van der Waals surface area (Å²) in [5.74, 6) is -0.602. The number of amides is 3. The zero-order valence-corrected chi connectivity index (χ0v) is 19.9. The van der Waals surface area contributed by atoms with Crippen LogP contribution in [0.15, 0.2) is 35.5 Å². The lowest BCUT2D eigenvalue weighted by Crippen LogP contribution is -2.48. The number of rotatable bonds is 9. The standard InChI is InChI=1S/C24H35N3O5/c1-7-11-27-16(2)20(22(29)32-13-12-31-6)21(26-23(27)30)17-9-8-10-18(14-17)25-19(28)15-24(3,4)5/h8-10,14,21H,7,11-13,15H2,1-6H3,(H,25,28)(H,26,30). The van der Waals surface area contributed by atoms with Gasteiger partial charge in [-0.3, -0.25) is 9.69 Å². The number of anilines is 1. The van der Waals surface area contributed by atoms with Crippen LogP contribution in [-0.2, 0) is 19.1 Å². The number of nitrogens with one attached hydrogen (secondary N) is 2. The maximum Gasteiger partial charge on any atom is 0.338 e. The minimum atomic E-state index is -0.690. The van der Waals surface area contributed by atoms with Crippen molar-refractivity contribution in [3.05, 3.63) is 41.1 Å². The second-order valence-corrected chi connectivity index (χ2v) is 9.07.